The number of rotatable bonds is 1. The number of fused-ring (bicyclic) bond motifs is 1. The lowest BCUT2D eigenvalue weighted by atomic mass is 10.1. The van der Waals surface area contributed by atoms with Gasteiger partial charge in [0, 0.05) is 11.3 Å². The van der Waals surface area contributed by atoms with Gasteiger partial charge in [0.1, 0.15) is 5.52 Å². The minimum atomic E-state index is 0.493. The van der Waals surface area contributed by atoms with Gasteiger partial charge in [0.05, 0.1) is 11.6 Å². The van der Waals surface area contributed by atoms with E-state index in [9.17, 15) is 0 Å². The average molecular weight is 235 g/mol. The van der Waals surface area contributed by atoms with Gasteiger partial charge < -0.3 is 10.2 Å². The van der Waals surface area contributed by atoms with Crippen molar-refractivity contribution < 1.29 is 4.42 Å². The van der Waals surface area contributed by atoms with Gasteiger partial charge in [0.25, 0.3) is 0 Å². The number of nitrogens with zero attached hydrogens (tertiary/aromatic N) is 2. The Bertz CT molecular complexity index is 768. The molecule has 0 aliphatic heterocycles. The first-order chi connectivity index (χ1) is 8.76. The molecule has 0 fully saturated rings. The maximum atomic E-state index is 8.87. The number of anilines is 1. The van der Waals surface area contributed by atoms with Crippen LogP contribution in [0.25, 0.3) is 22.6 Å². The number of nitrogens with two attached hydrogens (primary N) is 1. The standard InChI is InChI=1S/C14H9N3O/c15-8-9-2-1-3-10(6-9)14-17-12-7-11(16)4-5-13(12)18-14/h1-7H,16H2. The van der Waals surface area contributed by atoms with Gasteiger partial charge in [0.2, 0.25) is 5.89 Å². The van der Waals surface area contributed by atoms with Crippen LogP contribution in [0.1, 0.15) is 5.56 Å². The minimum Gasteiger partial charge on any atom is -0.436 e. The molecule has 0 aliphatic carbocycles. The highest BCUT2D eigenvalue weighted by Gasteiger charge is 2.08. The Hall–Kier alpha value is -2.80. The highest BCUT2D eigenvalue weighted by molar-refractivity contribution is 5.79. The van der Waals surface area contributed by atoms with E-state index in [0.717, 1.165) is 5.56 Å². The number of hydrogen-bond donors (Lipinski definition) is 1. The van der Waals surface area contributed by atoms with Crippen LogP contribution >= 0.6 is 0 Å². The van der Waals surface area contributed by atoms with Crippen LogP contribution in [0.15, 0.2) is 46.9 Å². The van der Waals surface area contributed by atoms with Gasteiger partial charge in [-0.3, -0.25) is 0 Å². The molecule has 0 radical (unpaired) electrons. The van der Waals surface area contributed by atoms with Crippen molar-refractivity contribution in [1.29, 1.82) is 5.26 Å². The van der Waals surface area contributed by atoms with Gasteiger partial charge in [-0.05, 0) is 36.4 Å². The quantitative estimate of drug-likeness (QED) is 0.658. The first-order valence-corrected chi connectivity index (χ1v) is 5.43. The van der Waals surface area contributed by atoms with Crippen molar-refractivity contribution in [2.24, 2.45) is 0 Å². The molecular weight excluding hydrogens is 226 g/mol. The number of benzene rings is 2. The van der Waals surface area contributed by atoms with Crippen molar-refractivity contribution >= 4 is 16.8 Å². The van der Waals surface area contributed by atoms with Gasteiger partial charge in [-0.1, -0.05) is 6.07 Å². The number of nitrogen functional groups attached to an aromatic ring is 1. The lowest BCUT2D eigenvalue weighted by Gasteiger charge is -1.94. The molecule has 0 unspecified atom stereocenters. The number of hydrogen-bond acceptors (Lipinski definition) is 4. The van der Waals surface area contributed by atoms with Crippen LogP contribution in [0.4, 0.5) is 5.69 Å². The lowest BCUT2D eigenvalue weighted by molar-refractivity contribution is 0.620. The highest BCUT2D eigenvalue weighted by atomic mass is 16.3. The summed E-state index contributed by atoms with van der Waals surface area (Å²) in [7, 11) is 0. The third-order valence-electron chi connectivity index (χ3n) is 2.65. The normalized spacial score (nSPS) is 10.4. The summed E-state index contributed by atoms with van der Waals surface area (Å²) in [4.78, 5) is 4.36. The Balaban J connectivity index is 2.16. The Morgan fingerprint density at radius 1 is 1.17 bits per heavy atom. The van der Waals surface area contributed by atoms with Gasteiger partial charge in [-0.25, -0.2) is 4.98 Å². The van der Waals surface area contributed by atoms with Gasteiger partial charge in [-0.2, -0.15) is 5.26 Å². The molecule has 0 bridgehead atoms. The predicted octanol–water partition coefficient (Wildman–Crippen LogP) is 2.95. The van der Waals surface area contributed by atoms with Crippen molar-refractivity contribution in [2.75, 3.05) is 5.73 Å². The van der Waals surface area contributed by atoms with Crippen LogP contribution in [0, 0.1) is 11.3 Å². The Morgan fingerprint density at radius 2 is 2.06 bits per heavy atom. The molecule has 1 aromatic heterocycles. The largest absolute Gasteiger partial charge is 0.436 e. The van der Waals surface area contributed by atoms with Crippen LogP contribution in [-0.4, -0.2) is 4.98 Å². The average Bonchev–Trinajstić information content (AvgIpc) is 2.81. The number of nitriles is 1. The summed E-state index contributed by atoms with van der Waals surface area (Å²) in [6, 6.07) is 14.5. The summed E-state index contributed by atoms with van der Waals surface area (Å²) in [5.74, 6) is 0.493. The van der Waals surface area contributed by atoms with E-state index in [0.29, 0.717) is 28.2 Å². The van der Waals surface area contributed by atoms with Crippen molar-refractivity contribution in [2.45, 2.75) is 0 Å². The zero-order valence-corrected chi connectivity index (χ0v) is 9.42. The second-order valence-corrected chi connectivity index (χ2v) is 3.94. The van der Waals surface area contributed by atoms with E-state index in [1.165, 1.54) is 0 Å². The van der Waals surface area contributed by atoms with E-state index in [2.05, 4.69) is 11.1 Å². The third kappa shape index (κ3) is 1.68. The number of oxazole rings is 1. The summed E-state index contributed by atoms with van der Waals surface area (Å²) in [5.41, 5.74) is 9.10. The fourth-order valence-corrected chi connectivity index (χ4v) is 1.79. The molecule has 0 aliphatic rings. The van der Waals surface area contributed by atoms with E-state index >= 15 is 0 Å². The summed E-state index contributed by atoms with van der Waals surface area (Å²) in [5, 5.41) is 8.87. The zero-order chi connectivity index (χ0) is 12.5. The number of aromatic nitrogens is 1. The van der Waals surface area contributed by atoms with E-state index in [-0.39, 0.29) is 0 Å². The first-order valence-electron chi connectivity index (χ1n) is 5.43. The molecule has 3 rings (SSSR count). The van der Waals surface area contributed by atoms with Gasteiger partial charge in [0.15, 0.2) is 5.58 Å². The molecule has 2 N–H and O–H groups in total. The van der Waals surface area contributed by atoms with Crippen LogP contribution < -0.4 is 5.73 Å². The predicted molar refractivity (Wildman–Crippen MR) is 68.6 cm³/mol. The summed E-state index contributed by atoms with van der Waals surface area (Å²) >= 11 is 0. The van der Waals surface area contributed by atoms with E-state index < -0.39 is 0 Å². The van der Waals surface area contributed by atoms with Crippen LogP contribution in [0.2, 0.25) is 0 Å². The van der Waals surface area contributed by atoms with Crippen LogP contribution in [-0.2, 0) is 0 Å². The monoisotopic (exact) mass is 235 g/mol. The molecule has 4 nitrogen and oxygen atoms in total. The fraction of sp³-hybridized carbons (Fsp3) is 0. The zero-order valence-electron chi connectivity index (χ0n) is 9.42. The van der Waals surface area contributed by atoms with Gasteiger partial charge >= 0.3 is 0 Å². The molecule has 2 aromatic carbocycles. The summed E-state index contributed by atoms with van der Waals surface area (Å²) < 4.78 is 5.63. The summed E-state index contributed by atoms with van der Waals surface area (Å²) in [6.45, 7) is 0. The smallest absolute Gasteiger partial charge is 0.227 e. The molecule has 0 atom stereocenters. The second-order valence-electron chi connectivity index (χ2n) is 3.94. The van der Waals surface area contributed by atoms with Crippen LogP contribution in [0.5, 0.6) is 0 Å². The molecule has 1 heterocycles. The van der Waals surface area contributed by atoms with E-state index in [1.54, 1.807) is 36.4 Å². The maximum absolute atomic E-state index is 8.87. The highest BCUT2D eigenvalue weighted by Crippen LogP contribution is 2.25. The first kappa shape index (κ1) is 10.4. The van der Waals surface area contributed by atoms with E-state index in [1.807, 2.05) is 6.07 Å². The molecule has 0 saturated carbocycles. The molecule has 0 amide bonds. The third-order valence-corrected chi connectivity index (χ3v) is 2.65. The maximum Gasteiger partial charge on any atom is 0.227 e. The fourth-order valence-electron chi connectivity index (χ4n) is 1.79. The summed E-state index contributed by atoms with van der Waals surface area (Å²) in [6.07, 6.45) is 0. The van der Waals surface area contributed by atoms with Crippen LogP contribution in [0.3, 0.4) is 0 Å². The topological polar surface area (TPSA) is 75.8 Å². The molecule has 0 saturated heterocycles. The Kier molecular flexibility index (Phi) is 2.24. The Morgan fingerprint density at radius 3 is 2.89 bits per heavy atom. The van der Waals surface area contributed by atoms with Crippen molar-refractivity contribution in [3.8, 4) is 17.5 Å². The minimum absolute atomic E-state index is 0.493. The molecule has 0 spiro atoms. The SMILES string of the molecule is N#Cc1cccc(-c2nc3cc(N)ccc3o2)c1. The molecule has 3 aromatic rings. The van der Waals surface area contributed by atoms with Gasteiger partial charge in [-0.15, -0.1) is 0 Å². The lowest BCUT2D eigenvalue weighted by Crippen LogP contribution is -1.82. The second kappa shape index (κ2) is 3.90. The molecule has 4 heteroatoms. The Labute approximate surface area is 103 Å². The van der Waals surface area contributed by atoms with Crippen molar-refractivity contribution in [1.82, 2.24) is 4.98 Å². The molecular formula is C14H9N3O. The van der Waals surface area contributed by atoms with E-state index in [4.69, 9.17) is 15.4 Å². The van der Waals surface area contributed by atoms with Crippen molar-refractivity contribution in [3.05, 3.63) is 48.0 Å². The van der Waals surface area contributed by atoms with Crippen molar-refractivity contribution in [3.63, 3.8) is 0 Å². The molecule has 86 valence electrons. The molecule has 18 heavy (non-hydrogen) atoms.